The predicted octanol–water partition coefficient (Wildman–Crippen LogP) is 1.46. The van der Waals surface area contributed by atoms with Crippen molar-refractivity contribution < 1.29 is 9.13 Å². The van der Waals surface area contributed by atoms with Gasteiger partial charge in [0.25, 0.3) is 0 Å². The molecule has 0 saturated heterocycles. The van der Waals surface area contributed by atoms with Gasteiger partial charge in [0.1, 0.15) is 23.1 Å². The third kappa shape index (κ3) is 2.44. The number of aromatic nitrogens is 3. The fourth-order valence-electron chi connectivity index (χ4n) is 2.29. The number of anilines is 1. The van der Waals surface area contributed by atoms with E-state index in [1.807, 2.05) is 0 Å². The van der Waals surface area contributed by atoms with Crippen molar-refractivity contribution in [3.8, 4) is 17.0 Å². The smallest absolute Gasteiger partial charge is 0.150 e. The van der Waals surface area contributed by atoms with Crippen molar-refractivity contribution in [2.45, 2.75) is 0 Å². The van der Waals surface area contributed by atoms with Crippen LogP contribution in [-0.4, -0.2) is 34.6 Å². The molecule has 7 nitrogen and oxygen atoms in total. The van der Waals surface area contributed by atoms with Crippen LogP contribution in [0.25, 0.3) is 16.8 Å². The predicted molar refractivity (Wildman–Crippen MR) is 86.0 cm³/mol. The summed E-state index contributed by atoms with van der Waals surface area (Å²) < 4.78 is 21.3. The van der Waals surface area contributed by atoms with Crippen LogP contribution in [0.4, 0.5) is 10.2 Å². The summed E-state index contributed by atoms with van der Waals surface area (Å²) in [6, 6.07) is 4.72. The SMILES string of the molecule is CN=C(N)c1cc(F)c(-c2cnn3ccc(OC)cc23)nc1N. The van der Waals surface area contributed by atoms with Gasteiger partial charge in [0.2, 0.25) is 0 Å². The quantitative estimate of drug-likeness (QED) is 0.562. The first-order valence-electron chi connectivity index (χ1n) is 6.75. The number of nitrogens with two attached hydrogens (primary N) is 2. The van der Waals surface area contributed by atoms with Crippen LogP contribution < -0.4 is 16.2 Å². The molecule has 4 N–H and O–H groups in total. The molecule has 0 atom stereocenters. The number of hydrogen-bond acceptors (Lipinski definition) is 5. The van der Waals surface area contributed by atoms with Gasteiger partial charge in [-0.2, -0.15) is 5.10 Å². The van der Waals surface area contributed by atoms with Gasteiger partial charge in [0.15, 0.2) is 5.82 Å². The summed E-state index contributed by atoms with van der Waals surface area (Å²) in [4.78, 5) is 7.94. The Kier molecular flexibility index (Phi) is 3.57. The average molecular weight is 314 g/mol. The maximum absolute atomic E-state index is 14.5. The third-order valence-electron chi connectivity index (χ3n) is 3.51. The number of hydrogen-bond donors (Lipinski definition) is 2. The fraction of sp³-hybridized carbons (Fsp3) is 0.133. The second-order valence-corrected chi connectivity index (χ2v) is 4.82. The van der Waals surface area contributed by atoms with Crippen LogP contribution >= 0.6 is 0 Å². The van der Waals surface area contributed by atoms with E-state index in [0.717, 1.165) is 0 Å². The van der Waals surface area contributed by atoms with Gasteiger partial charge in [0, 0.05) is 24.9 Å². The van der Waals surface area contributed by atoms with Crippen molar-refractivity contribution in [3.63, 3.8) is 0 Å². The molecular weight excluding hydrogens is 299 g/mol. The lowest BCUT2D eigenvalue weighted by molar-refractivity contribution is 0.414. The van der Waals surface area contributed by atoms with Crippen LogP contribution in [0.3, 0.4) is 0 Å². The summed E-state index contributed by atoms with van der Waals surface area (Å²) >= 11 is 0. The molecule has 0 radical (unpaired) electrons. The molecule has 0 unspecified atom stereocenters. The number of amidine groups is 1. The van der Waals surface area contributed by atoms with E-state index in [2.05, 4.69) is 15.1 Å². The van der Waals surface area contributed by atoms with Crippen LogP contribution in [0.2, 0.25) is 0 Å². The van der Waals surface area contributed by atoms with Crippen LogP contribution in [0.5, 0.6) is 5.75 Å². The van der Waals surface area contributed by atoms with Gasteiger partial charge in [-0.1, -0.05) is 0 Å². The molecule has 0 saturated carbocycles. The minimum absolute atomic E-state index is 0.0957. The Hall–Kier alpha value is -3.16. The minimum Gasteiger partial charge on any atom is -0.497 e. The highest BCUT2D eigenvalue weighted by Gasteiger charge is 2.17. The van der Waals surface area contributed by atoms with E-state index in [4.69, 9.17) is 16.2 Å². The van der Waals surface area contributed by atoms with Crippen LogP contribution in [0, 0.1) is 5.82 Å². The monoisotopic (exact) mass is 314 g/mol. The van der Waals surface area contributed by atoms with E-state index in [9.17, 15) is 4.39 Å². The Bertz CT molecular complexity index is 918. The van der Waals surface area contributed by atoms with E-state index in [0.29, 0.717) is 16.8 Å². The van der Waals surface area contributed by atoms with Gasteiger partial charge in [-0.3, -0.25) is 4.99 Å². The number of fused-ring (bicyclic) bond motifs is 1. The van der Waals surface area contributed by atoms with Crippen LogP contribution in [0.1, 0.15) is 5.56 Å². The topological polar surface area (TPSA) is 104 Å². The summed E-state index contributed by atoms with van der Waals surface area (Å²) in [6.45, 7) is 0. The molecule has 23 heavy (non-hydrogen) atoms. The number of aliphatic imine (C=N–C) groups is 1. The van der Waals surface area contributed by atoms with E-state index in [1.54, 1.807) is 30.0 Å². The lowest BCUT2D eigenvalue weighted by atomic mass is 10.1. The highest BCUT2D eigenvalue weighted by Crippen LogP contribution is 2.29. The Balaban J connectivity index is 2.21. The largest absolute Gasteiger partial charge is 0.497 e. The number of methoxy groups -OCH3 is 1. The Labute approximate surface area is 131 Å². The zero-order valence-corrected chi connectivity index (χ0v) is 12.6. The van der Waals surface area contributed by atoms with Crippen LogP contribution in [0.15, 0.2) is 35.6 Å². The highest BCUT2D eigenvalue weighted by molar-refractivity contribution is 6.01. The van der Waals surface area contributed by atoms with Gasteiger partial charge >= 0.3 is 0 Å². The summed E-state index contributed by atoms with van der Waals surface area (Å²) in [7, 11) is 3.05. The first kappa shape index (κ1) is 14.8. The molecule has 0 amide bonds. The minimum atomic E-state index is -0.557. The molecule has 8 heteroatoms. The van der Waals surface area contributed by atoms with Crippen molar-refractivity contribution in [1.29, 1.82) is 0 Å². The molecule has 3 heterocycles. The molecule has 0 aliphatic heterocycles. The van der Waals surface area contributed by atoms with E-state index in [1.165, 1.54) is 19.3 Å². The molecule has 0 aliphatic carbocycles. The van der Waals surface area contributed by atoms with Gasteiger partial charge < -0.3 is 16.2 Å². The Morgan fingerprint density at radius 1 is 1.39 bits per heavy atom. The molecule has 0 fully saturated rings. The van der Waals surface area contributed by atoms with E-state index >= 15 is 0 Å². The first-order chi connectivity index (χ1) is 11.0. The average Bonchev–Trinajstić information content (AvgIpc) is 2.98. The molecule has 0 spiro atoms. The van der Waals surface area contributed by atoms with Gasteiger partial charge in [-0.25, -0.2) is 13.9 Å². The van der Waals surface area contributed by atoms with Crippen LogP contribution in [-0.2, 0) is 0 Å². The van der Waals surface area contributed by atoms with Gasteiger partial charge in [0.05, 0.1) is 24.4 Å². The molecule has 118 valence electrons. The molecule has 3 aromatic rings. The van der Waals surface area contributed by atoms with Gasteiger partial charge in [-0.15, -0.1) is 0 Å². The van der Waals surface area contributed by atoms with Crippen molar-refractivity contribution in [2.75, 3.05) is 19.9 Å². The lowest BCUT2D eigenvalue weighted by Gasteiger charge is -2.08. The Morgan fingerprint density at radius 3 is 2.87 bits per heavy atom. The highest BCUT2D eigenvalue weighted by atomic mass is 19.1. The van der Waals surface area contributed by atoms with Crippen molar-refractivity contribution >= 4 is 17.2 Å². The maximum atomic E-state index is 14.5. The number of rotatable bonds is 3. The molecular formula is C15H15FN6O. The zero-order chi connectivity index (χ0) is 16.6. The molecule has 0 bridgehead atoms. The number of nitrogens with zero attached hydrogens (tertiary/aromatic N) is 4. The van der Waals surface area contributed by atoms with E-state index < -0.39 is 5.82 Å². The molecule has 0 aliphatic rings. The lowest BCUT2D eigenvalue weighted by Crippen LogP contribution is -2.17. The van der Waals surface area contributed by atoms with Crippen molar-refractivity contribution in [3.05, 3.63) is 42.0 Å². The summed E-state index contributed by atoms with van der Waals surface area (Å²) in [5.74, 6) is 0.305. The van der Waals surface area contributed by atoms with Gasteiger partial charge in [-0.05, 0) is 12.1 Å². The first-order valence-corrected chi connectivity index (χ1v) is 6.75. The number of ether oxygens (including phenoxy) is 1. The summed E-state index contributed by atoms with van der Waals surface area (Å²) in [5.41, 5.74) is 13.1. The van der Waals surface area contributed by atoms with E-state index in [-0.39, 0.29) is 22.9 Å². The summed E-state index contributed by atoms with van der Waals surface area (Å²) in [5, 5.41) is 4.18. The molecule has 3 aromatic heterocycles. The fourth-order valence-corrected chi connectivity index (χ4v) is 2.29. The molecule has 0 aromatic carbocycles. The van der Waals surface area contributed by atoms with Crippen molar-refractivity contribution in [1.82, 2.24) is 14.6 Å². The zero-order valence-electron chi connectivity index (χ0n) is 12.6. The normalized spacial score (nSPS) is 11.9. The number of nitrogen functional groups attached to an aromatic ring is 1. The molecule has 3 rings (SSSR count). The Morgan fingerprint density at radius 2 is 2.17 bits per heavy atom. The van der Waals surface area contributed by atoms with Crippen molar-refractivity contribution in [2.24, 2.45) is 10.7 Å². The second kappa shape index (κ2) is 5.56. The third-order valence-corrected chi connectivity index (χ3v) is 3.51. The maximum Gasteiger partial charge on any atom is 0.150 e. The number of pyridine rings is 2. The summed E-state index contributed by atoms with van der Waals surface area (Å²) in [6.07, 6.45) is 3.24. The standard InChI is InChI=1S/C15H15FN6O/c1-19-14(17)9-6-11(16)13(21-15(9)18)10-7-20-22-4-3-8(23-2)5-12(10)22/h3-7H,1-2H3,(H2,17,19)(H2,18,21). The number of halogens is 1. The second-order valence-electron chi connectivity index (χ2n) is 4.82.